The maximum Gasteiger partial charge on any atom is 0.202 e. The lowest BCUT2D eigenvalue weighted by molar-refractivity contribution is 0.104. The summed E-state index contributed by atoms with van der Waals surface area (Å²) in [6.07, 6.45) is 0. The predicted molar refractivity (Wildman–Crippen MR) is 69.9 cm³/mol. The number of carbonyl (C=O) groups excluding carboxylic acids is 1. The van der Waals surface area contributed by atoms with Gasteiger partial charge >= 0.3 is 0 Å². The third-order valence-corrected chi connectivity index (χ3v) is 3.53. The van der Waals surface area contributed by atoms with Gasteiger partial charge in [0.15, 0.2) is 0 Å². The molecule has 1 aromatic heterocycles. The molecule has 0 unspecified atom stereocenters. The van der Waals surface area contributed by atoms with Gasteiger partial charge in [0, 0.05) is 5.56 Å². The molecule has 3 heteroatoms. The number of phenolic OH excluding ortho intramolecular Hbond substituents is 1. The number of carbonyl (C=O) groups is 1. The first-order chi connectivity index (χ1) is 8.09. The molecule has 1 heterocycles. The number of hydrogen-bond acceptors (Lipinski definition) is 3. The van der Waals surface area contributed by atoms with Crippen molar-refractivity contribution in [2.75, 3.05) is 0 Å². The third kappa shape index (κ3) is 2.39. The number of phenols is 1. The van der Waals surface area contributed by atoms with Gasteiger partial charge in [0.1, 0.15) is 5.75 Å². The van der Waals surface area contributed by atoms with Crippen LogP contribution in [0.2, 0.25) is 0 Å². The Balaban J connectivity index is 2.40. The zero-order chi connectivity index (χ0) is 12.4. The van der Waals surface area contributed by atoms with Gasteiger partial charge in [-0.2, -0.15) is 0 Å². The fraction of sp³-hybridized carbons (Fsp3) is 0.214. The molecule has 1 N–H and O–H groups in total. The van der Waals surface area contributed by atoms with E-state index in [9.17, 15) is 9.90 Å². The normalized spacial score (nSPS) is 10.8. The molecule has 0 saturated heterocycles. The highest BCUT2D eigenvalue weighted by molar-refractivity contribution is 7.12. The summed E-state index contributed by atoms with van der Waals surface area (Å²) < 4.78 is 0. The van der Waals surface area contributed by atoms with E-state index in [-0.39, 0.29) is 17.5 Å². The van der Waals surface area contributed by atoms with Crippen LogP contribution >= 0.6 is 11.3 Å². The van der Waals surface area contributed by atoms with Gasteiger partial charge in [0.25, 0.3) is 0 Å². The minimum Gasteiger partial charge on any atom is -0.508 e. The molecule has 0 spiro atoms. The van der Waals surface area contributed by atoms with Crippen molar-refractivity contribution < 1.29 is 9.90 Å². The number of aromatic hydroxyl groups is 1. The summed E-state index contributed by atoms with van der Waals surface area (Å²) in [7, 11) is 0. The molecule has 88 valence electrons. The standard InChI is InChI=1S/C14H14O2S/c1-9(2)11-8-10(5-6-12(11)15)14(16)13-4-3-7-17-13/h3-9,15H,1-2H3. The van der Waals surface area contributed by atoms with Crippen LogP contribution < -0.4 is 0 Å². The maximum absolute atomic E-state index is 12.1. The molecule has 17 heavy (non-hydrogen) atoms. The number of hydrogen-bond donors (Lipinski definition) is 1. The summed E-state index contributed by atoms with van der Waals surface area (Å²) >= 11 is 1.43. The lowest BCUT2D eigenvalue weighted by atomic mass is 9.98. The number of rotatable bonds is 3. The van der Waals surface area contributed by atoms with Crippen LogP contribution in [0, 0.1) is 0 Å². The molecule has 2 aromatic rings. The van der Waals surface area contributed by atoms with Crippen molar-refractivity contribution in [2.45, 2.75) is 19.8 Å². The van der Waals surface area contributed by atoms with Crippen molar-refractivity contribution >= 4 is 17.1 Å². The Labute approximate surface area is 105 Å². The highest BCUT2D eigenvalue weighted by Gasteiger charge is 2.13. The van der Waals surface area contributed by atoms with Crippen molar-refractivity contribution in [1.82, 2.24) is 0 Å². The summed E-state index contributed by atoms with van der Waals surface area (Å²) in [5.41, 5.74) is 1.45. The average molecular weight is 246 g/mol. The smallest absolute Gasteiger partial charge is 0.202 e. The van der Waals surface area contributed by atoms with E-state index in [2.05, 4.69) is 0 Å². The Morgan fingerprint density at radius 3 is 2.65 bits per heavy atom. The molecule has 0 saturated carbocycles. The quantitative estimate of drug-likeness (QED) is 0.836. The van der Waals surface area contributed by atoms with Crippen LogP contribution in [0.15, 0.2) is 35.7 Å². The van der Waals surface area contributed by atoms with Gasteiger partial charge in [-0.25, -0.2) is 0 Å². The zero-order valence-electron chi connectivity index (χ0n) is 9.81. The molecule has 0 fully saturated rings. The highest BCUT2D eigenvalue weighted by atomic mass is 32.1. The molecule has 0 atom stereocenters. The van der Waals surface area contributed by atoms with E-state index in [0.29, 0.717) is 5.56 Å². The largest absolute Gasteiger partial charge is 0.508 e. The van der Waals surface area contributed by atoms with Crippen LogP contribution in [0.1, 0.15) is 40.6 Å². The summed E-state index contributed by atoms with van der Waals surface area (Å²) in [6, 6.07) is 8.72. The predicted octanol–water partition coefficient (Wildman–Crippen LogP) is 3.81. The van der Waals surface area contributed by atoms with Gasteiger partial charge in [-0.3, -0.25) is 4.79 Å². The number of ketones is 1. The van der Waals surface area contributed by atoms with Crippen molar-refractivity contribution in [2.24, 2.45) is 0 Å². The fourth-order valence-corrected chi connectivity index (χ4v) is 2.39. The first-order valence-corrected chi connectivity index (χ1v) is 6.38. The van der Waals surface area contributed by atoms with Crippen molar-refractivity contribution in [1.29, 1.82) is 0 Å². The second-order valence-electron chi connectivity index (χ2n) is 4.23. The Hall–Kier alpha value is -1.61. The number of benzene rings is 1. The Morgan fingerprint density at radius 1 is 1.29 bits per heavy atom. The van der Waals surface area contributed by atoms with E-state index in [1.54, 1.807) is 18.2 Å². The molecule has 0 bridgehead atoms. The lowest BCUT2D eigenvalue weighted by Crippen LogP contribution is -2.00. The first kappa shape index (κ1) is 11.9. The minimum atomic E-state index is 0.0156. The zero-order valence-corrected chi connectivity index (χ0v) is 10.6. The summed E-state index contributed by atoms with van der Waals surface area (Å²) in [5.74, 6) is 0.468. The molecule has 2 nitrogen and oxygen atoms in total. The third-order valence-electron chi connectivity index (χ3n) is 2.66. The molecule has 0 aliphatic carbocycles. The van der Waals surface area contributed by atoms with Gasteiger partial charge in [-0.1, -0.05) is 19.9 Å². The molecule has 1 aromatic carbocycles. The van der Waals surface area contributed by atoms with Crippen LogP contribution in [0.4, 0.5) is 0 Å². The fourth-order valence-electron chi connectivity index (χ4n) is 1.71. The minimum absolute atomic E-state index is 0.0156. The molecule has 0 aliphatic rings. The van der Waals surface area contributed by atoms with Gasteiger partial charge in [0.05, 0.1) is 4.88 Å². The van der Waals surface area contributed by atoms with Crippen LogP contribution in [-0.2, 0) is 0 Å². The SMILES string of the molecule is CC(C)c1cc(C(=O)c2cccs2)ccc1O. The van der Waals surface area contributed by atoms with Crippen LogP contribution in [0.3, 0.4) is 0 Å². The molecular formula is C14H14O2S. The monoisotopic (exact) mass is 246 g/mol. The van der Waals surface area contributed by atoms with Gasteiger partial charge in [0.2, 0.25) is 5.78 Å². The maximum atomic E-state index is 12.1. The Kier molecular flexibility index (Phi) is 3.29. The van der Waals surface area contributed by atoms with Gasteiger partial charge in [-0.05, 0) is 41.1 Å². The molecule has 0 radical (unpaired) electrons. The van der Waals surface area contributed by atoms with Crippen molar-refractivity contribution in [3.05, 3.63) is 51.7 Å². The second-order valence-corrected chi connectivity index (χ2v) is 5.18. The highest BCUT2D eigenvalue weighted by Crippen LogP contribution is 2.27. The number of thiophene rings is 1. The van der Waals surface area contributed by atoms with Crippen LogP contribution in [0.5, 0.6) is 5.75 Å². The molecular weight excluding hydrogens is 232 g/mol. The Bertz CT molecular complexity index is 527. The van der Waals surface area contributed by atoms with E-state index in [4.69, 9.17) is 0 Å². The van der Waals surface area contributed by atoms with Gasteiger partial charge < -0.3 is 5.11 Å². The van der Waals surface area contributed by atoms with E-state index in [0.717, 1.165) is 10.4 Å². The average Bonchev–Trinajstić information content (AvgIpc) is 2.81. The summed E-state index contributed by atoms with van der Waals surface area (Å²) in [4.78, 5) is 12.8. The van der Waals surface area contributed by atoms with Crippen molar-refractivity contribution in [3.8, 4) is 5.75 Å². The first-order valence-electron chi connectivity index (χ1n) is 5.50. The molecule has 2 rings (SSSR count). The van der Waals surface area contributed by atoms with E-state index in [1.807, 2.05) is 31.4 Å². The van der Waals surface area contributed by atoms with E-state index in [1.165, 1.54) is 11.3 Å². The van der Waals surface area contributed by atoms with E-state index >= 15 is 0 Å². The van der Waals surface area contributed by atoms with Crippen LogP contribution in [-0.4, -0.2) is 10.9 Å². The van der Waals surface area contributed by atoms with Crippen molar-refractivity contribution in [3.63, 3.8) is 0 Å². The Morgan fingerprint density at radius 2 is 2.06 bits per heavy atom. The lowest BCUT2D eigenvalue weighted by Gasteiger charge is -2.09. The van der Waals surface area contributed by atoms with Crippen LogP contribution in [0.25, 0.3) is 0 Å². The topological polar surface area (TPSA) is 37.3 Å². The van der Waals surface area contributed by atoms with E-state index < -0.39 is 0 Å². The summed E-state index contributed by atoms with van der Waals surface area (Å²) in [5, 5.41) is 11.6. The van der Waals surface area contributed by atoms with Gasteiger partial charge in [-0.15, -0.1) is 11.3 Å². The second kappa shape index (κ2) is 4.72. The molecule has 0 amide bonds. The molecule has 0 aliphatic heterocycles. The summed E-state index contributed by atoms with van der Waals surface area (Å²) in [6.45, 7) is 3.99.